The first-order valence-corrected chi connectivity index (χ1v) is 11.6. The van der Waals surface area contributed by atoms with E-state index < -0.39 is 0 Å². The maximum Gasteiger partial charge on any atom is 0.0466 e. The first-order valence-electron chi connectivity index (χ1n) is 11.6. The summed E-state index contributed by atoms with van der Waals surface area (Å²) in [6.45, 7) is 12.3. The number of hydrogen-bond donors (Lipinski definition) is 0. The molecule has 0 saturated heterocycles. The van der Waals surface area contributed by atoms with Gasteiger partial charge in [0.25, 0.3) is 0 Å². The smallest absolute Gasteiger partial charge is 0.0466 e. The van der Waals surface area contributed by atoms with Crippen LogP contribution < -0.4 is 0 Å². The number of ether oxygens (including phenoxy) is 1. The summed E-state index contributed by atoms with van der Waals surface area (Å²) < 4.78 is 5.76. The third-order valence-corrected chi connectivity index (χ3v) is 5.30. The van der Waals surface area contributed by atoms with Gasteiger partial charge in [-0.1, -0.05) is 97.8 Å². The van der Waals surface area contributed by atoms with Crippen LogP contribution in [-0.4, -0.2) is 37.7 Å². The Kier molecular flexibility index (Phi) is 21.9. The van der Waals surface area contributed by atoms with Gasteiger partial charge in [0, 0.05) is 13.2 Å². The summed E-state index contributed by atoms with van der Waals surface area (Å²) >= 11 is 0. The van der Waals surface area contributed by atoms with Gasteiger partial charge in [-0.2, -0.15) is 0 Å². The SMILES string of the molecule is CCCCCCCCCCCCCCCOCCCCN(CC)CC. The van der Waals surface area contributed by atoms with Crippen LogP contribution in [0.1, 0.15) is 117 Å². The molecular formula is C23H49NO. The van der Waals surface area contributed by atoms with Crippen LogP contribution in [0, 0.1) is 0 Å². The number of nitrogens with zero attached hydrogens (tertiary/aromatic N) is 1. The van der Waals surface area contributed by atoms with Crippen LogP contribution in [0.4, 0.5) is 0 Å². The predicted octanol–water partition coefficient (Wildman–Crippen LogP) is 7.22. The molecule has 0 saturated carbocycles. The van der Waals surface area contributed by atoms with Crippen molar-refractivity contribution in [1.82, 2.24) is 4.90 Å². The van der Waals surface area contributed by atoms with Crippen LogP contribution in [0.25, 0.3) is 0 Å². The van der Waals surface area contributed by atoms with Crippen molar-refractivity contribution < 1.29 is 4.74 Å². The summed E-state index contributed by atoms with van der Waals surface area (Å²) in [5.74, 6) is 0. The van der Waals surface area contributed by atoms with E-state index in [1.807, 2.05) is 0 Å². The predicted molar refractivity (Wildman–Crippen MR) is 114 cm³/mol. The molecule has 0 fully saturated rings. The van der Waals surface area contributed by atoms with E-state index in [1.165, 1.54) is 116 Å². The van der Waals surface area contributed by atoms with E-state index in [1.54, 1.807) is 0 Å². The zero-order valence-electron chi connectivity index (χ0n) is 18.0. The summed E-state index contributed by atoms with van der Waals surface area (Å²) in [6, 6.07) is 0. The van der Waals surface area contributed by atoms with Gasteiger partial charge in [-0.3, -0.25) is 0 Å². The van der Waals surface area contributed by atoms with Gasteiger partial charge in [0.2, 0.25) is 0 Å². The van der Waals surface area contributed by atoms with E-state index in [0.717, 1.165) is 13.2 Å². The van der Waals surface area contributed by atoms with Gasteiger partial charge in [-0.15, -0.1) is 0 Å². The maximum atomic E-state index is 5.76. The largest absolute Gasteiger partial charge is 0.381 e. The second-order valence-corrected chi connectivity index (χ2v) is 7.59. The van der Waals surface area contributed by atoms with Crippen LogP contribution in [0.15, 0.2) is 0 Å². The van der Waals surface area contributed by atoms with Crippen molar-refractivity contribution in [3.63, 3.8) is 0 Å². The lowest BCUT2D eigenvalue weighted by Crippen LogP contribution is -2.24. The van der Waals surface area contributed by atoms with Crippen LogP contribution in [0.5, 0.6) is 0 Å². The van der Waals surface area contributed by atoms with Crippen molar-refractivity contribution >= 4 is 0 Å². The summed E-state index contributed by atoms with van der Waals surface area (Å²) in [5, 5.41) is 0. The fourth-order valence-corrected chi connectivity index (χ4v) is 3.40. The molecule has 0 amide bonds. The van der Waals surface area contributed by atoms with Crippen LogP contribution in [0.2, 0.25) is 0 Å². The van der Waals surface area contributed by atoms with Crippen LogP contribution in [0.3, 0.4) is 0 Å². The fourth-order valence-electron chi connectivity index (χ4n) is 3.40. The topological polar surface area (TPSA) is 12.5 Å². The van der Waals surface area contributed by atoms with E-state index in [0.29, 0.717) is 0 Å². The van der Waals surface area contributed by atoms with Crippen molar-refractivity contribution in [3.05, 3.63) is 0 Å². The number of unbranched alkanes of at least 4 members (excludes halogenated alkanes) is 13. The summed E-state index contributed by atoms with van der Waals surface area (Å²) in [4.78, 5) is 2.49. The van der Waals surface area contributed by atoms with E-state index in [4.69, 9.17) is 4.74 Å². The van der Waals surface area contributed by atoms with Crippen LogP contribution >= 0.6 is 0 Å². The molecule has 0 aromatic heterocycles. The first-order chi connectivity index (χ1) is 12.3. The molecule has 0 unspecified atom stereocenters. The molecule has 0 bridgehead atoms. The Morgan fingerprint density at radius 1 is 0.480 bits per heavy atom. The second kappa shape index (κ2) is 22.0. The molecule has 2 heteroatoms. The van der Waals surface area contributed by atoms with Crippen molar-refractivity contribution in [3.8, 4) is 0 Å². The zero-order chi connectivity index (χ0) is 18.4. The molecule has 152 valence electrons. The fraction of sp³-hybridized carbons (Fsp3) is 1.00. The minimum atomic E-state index is 0.958. The highest BCUT2D eigenvalue weighted by Gasteiger charge is 1.98. The maximum absolute atomic E-state index is 5.76. The van der Waals surface area contributed by atoms with Crippen LogP contribution in [-0.2, 0) is 4.74 Å². The third-order valence-electron chi connectivity index (χ3n) is 5.30. The molecular weight excluding hydrogens is 306 g/mol. The zero-order valence-corrected chi connectivity index (χ0v) is 18.0. The van der Waals surface area contributed by atoms with Crippen molar-refractivity contribution in [2.45, 2.75) is 117 Å². The highest BCUT2D eigenvalue weighted by atomic mass is 16.5. The summed E-state index contributed by atoms with van der Waals surface area (Å²) in [7, 11) is 0. The number of hydrogen-bond acceptors (Lipinski definition) is 2. The minimum absolute atomic E-state index is 0.958. The quantitative estimate of drug-likeness (QED) is 0.202. The Morgan fingerprint density at radius 2 is 0.880 bits per heavy atom. The molecule has 0 spiro atoms. The lowest BCUT2D eigenvalue weighted by molar-refractivity contribution is 0.123. The van der Waals surface area contributed by atoms with E-state index in [2.05, 4.69) is 25.7 Å². The van der Waals surface area contributed by atoms with Crippen molar-refractivity contribution in [2.24, 2.45) is 0 Å². The summed E-state index contributed by atoms with van der Waals surface area (Å²) in [6.07, 6.45) is 20.9. The highest BCUT2D eigenvalue weighted by molar-refractivity contribution is 4.52. The van der Waals surface area contributed by atoms with Gasteiger partial charge >= 0.3 is 0 Å². The Hall–Kier alpha value is -0.0800. The first kappa shape index (κ1) is 24.9. The Bertz CT molecular complexity index is 228. The summed E-state index contributed by atoms with van der Waals surface area (Å²) in [5.41, 5.74) is 0. The highest BCUT2D eigenvalue weighted by Crippen LogP contribution is 2.12. The average molecular weight is 356 g/mol. The minimum Gasteiger partial charge on any atom is -0.381 e. The van der Waals surface area contributed by atoms with Gasteiger partial charge < -0.3 is 9.64 Å². The van der Waals surface area contributed by atoms with Gasteiger partial charge in [-0.05, 0) is 38.9 Å². The molecule has 0 atom stereocenters. The Morgan fingerprint density at radius 3 is 1.32 bits per heavy atom. The van der Waals surface area contributed by atoms with E-state index >= 15 is 0 Å². The average Bonchev–Trinajstić information content (AvgIpc) is 2.64. The molecule has 0 radical (unpaired) electrons. The molecule has 0 N–H and O–H groups in total. The standard InChI is InChI=1S/C23H49NO/c1-4-7-8-9-10-11-12-13-14-15-16-17-19-22-25-23-20-18-21-24(5-2)6-3/h4-23H2,1-3H3. The van der Waals surface area contributed by atoms with E-state index in [9.17, 15) is 0 Å². The molecule has 0 heterocycles. The molecule has 0 rings (SSSR count). The number of rotatable bonds is 21. The molecule has 0 aromatic carbocycles. The van der Waals surface area contributed by atoms with Gasteiger partial charge in [0.05, 0.1) is 0 Å². The molecule has 25 heavy (non-hydrogen) atoms. The Labute approximate surface area is 160 Å². The Balaban J connectivity index is 3.03. The third kappa shape index (κ3) is 20.1. The lowest BCUT2D eigenvalue weighted by atomic mass is 10.0. The molecule has 0 aliphatic rings. The van der Waals surface area contributed by atoms with Gasteiger partial charge in [0.1, 0.15) is 0 Å². The molecule has 0 aromatic rings. The van der Waals surface area contributed by atoms with Gasteiger partial charge in [-0.25, -0.2) is 0 Å². The van der Waals surface area contributed by atoms with Crippen molar-refractivity contribution in [2.75, 3.05) is 32.8 Å². The normalized spacial score (nSPS) is 11.5. The second-order valence-electron chi connectivity index (χ2n) is 7.59. The van der Waals surface area contributed by atoms with Crippen molar-refractivity contribution in [1.29, 1.82) is 0 Å². The lowest BCUT2D eigenvalue weighted by Gasteiger charge is -2.17. The molecule has 2 nitrogen and oxygen atoms in total. The van der Waals surface area contributed by atoms with Gasteiger partial charge in [0.15, 0.2) is 0 Å². The monoisotopic (exact) mass is 355 g/mol. The van der Waals surface area contributed by atoms with E-state index in [-0.39, 0.29) is 0 Å². The molecule has 0 aliphatic carbocycles. The molecule has 0 aliphatic heterocycles.